The van der Waals surface area contributed by atoms with Crippen LogP contribution < -0.4 is 10.6 Å². The fourth-order valence-electron chi connectivity index (χ4n) is 3.77. The van der Waals surface area contributed by atoms with Gasteiger partial charge in [-0.05, 0) is 17.0 Å². The number of aryl methyl sites for hydroxylation is 1. The number of piperazine rings is 1. The van der Waals surface area contributed by atoms with Crippen LogP contribution in [0.1, 0.15) is 22.4 Å². The molecule has 2 N–H and O–H groups in total. The predicted octanol–water partition coefficient (Wildman–Crippen LogP) is 0.906. The molecule has 26 heavy (non-hydrogen) atoms. The topological polar surface area (TPSA) is 79.3 Å². The first-order chi connectivity index (χ1) is 12.1. The second-order valence-electron chi connectivity index (χ2n) is 6.56. The first-order valence-corrected chi connectivity index (χ1v) is 9.34. The van der Waals surface area contributed by atoms with E-state index in [1.807, 2.05) is 37.0 Å². The fraction of sp³-hybridized carbons (Fsp3) is 0.471. The Kier molecular flexibility index (Phi) is 5.64. The molecule has 2 aromatic rings. The van der Waals surface area contributed by atoms with Gasteiger partial charge in [0.15, 0.2) is 0 Å². The average Bonchev–Trinajstić information content (AvgIpc) is 3.35. The summed E-state index contributed by atoms with van der Waals surface area (Å²) in [5.74, 6) is -0.120. The number of halogens is 1. The molecule has 2 fully saturated rings. The zero-order valence-corrected chi connectivity index (χ0v) is 16.1. The molecule has 3 atom stereocenters. The second kappa shape index (κ2) is 7.77. The van der Waals surface area contributed by atoms with Crippen molar-refractivity contribution < 1.29 is 9.59 Å². The van der Waals surface area contributed by atoms with E-state index in [1.54, 1.807) is 9.58 Å². The minimum absolute atomic E-state index is 0. The van der Waals surface area contributed by atoms with Crippen molar-refractivity contribution in [3.8, 4) is 0 Å². The molecule has 0 bridgehead atoms. The number of hydrogen-bond donors (Lipinski definition) is 2. The van der Waals surface area contributed by atoms with E-state index in [0.717, 1.165) is 17.0 Å². The van der Waals surface area contributed by atoms with E-state index in [1.165, 1.54) is 11.3 Å². The molecule has 7 nitrogen and oxygen atoms in total. The molecule has 2 aromatic heterocycles. The van der Waals surface area contributed by atoms with Crippen LogP contribution in [0.4, 0.5) is 0 Å². The van der Waals surface area contributed by atoms with E-state index in [2.05, 4.69) is 15.7 Å². The summed E-state index contributed by atoms with van der Waals surface area (Å²) in [6.45, 7) is 2.44. The van der Waals surface area contributed by atoms with Crippen LogP contribution in [0.25, 0.3) is 0 Å². The summed E-state index contributed by atoms with van der Waals surface area (Å²) in [5, 5.41) is 12.4. The van der Waals surface area contributed by atoms with E-state index >= 15 is 0 Å². The standard InChI is InChI=1S/C17H21N5O2S.ClH/c1-21-10-11(7-20-21)12-8-18-9-13(12)17(24)22-5-4-19-16(23)15(22)14-3-2-6-25-14;/h2-3,6-7,10,12-13,15,18H,4-5,8-9H2,1H3,(H,19,23);1H/t12-,13+,15?;/m1./s1. The van der Waals surface area contributed by atoms with Gasteiger partial charge < -0.3 is 15.5 Å². The molecule has 0 aliphatic carbocycles. The number of nitrogens with one attached hydrogen (secondary N) is 2. The number of rotatable bonds is 3. The van der Waals surface area contributed by atoms with Crippen molar-refractivity contribution in [2.75, 3.05) is 26.2 Å². The van der Waals surface area contributed by atoms with Gasteiger partial charge in [0.25, 0.3) is 0 Å². The highest BCUT2D eigenvalue weighted by molar-refractivity contribution is 7.10. The molecule has 2 aliphatic heterocycles. The number of amides is 2. The number of carbonyl (C=O) groups excluding carboxylic acids is 2. The van der Waals surface area contributed by atoms with E-state index in [9.17, 15) is 9.59 Å². The van der Waals surface area contributed by atoms with Gasteiger partial charge in [-0.15, -0.1) is 23.7 Å². The Labute approximate surface area is 162 Å². The molecular formula is C17H22ClN5O2S. The highest BCUT2D eigenvalue weighted by atomic mass is 35.5. The summed E-state index contributed by atoms with van der Waals surface area (Å²) in [4.78, 5) is 28.4. The van der Waals surface area contributed by atoms with Gasteiger partial charge in [-0.1, -0.05) is 6.07 Å². The van der Waals surface area contributed by atoms with Crippen LogP contribution in [0.3, 0.4) is 0 Å². The van der Waals surface area contributed by atoms with Crippen molar-refractivity contribution in [3.05, 3.63) is 40.3 Å². The monoisotopic (exact) mass is 395 g/mol. The Morgan fingerprint density at radius 1 is 1.38 bits per heavy atom. The zero-order valence-electron chi connectivity index (χ0n) is 14.4. The molecule has 140 valence electrons. The lowest BCUT2D eigenvalue weighted by molar-refractivity contribution is -0.146. The maximum atomic E-state index is 13.3. The zero-order chi connectivity index (χ0) is 17.4. The smallest absolute Gasteiger partial charge is 0.248 e. The molecule has 1 unspecified atom stereocenters. The highest BCUT2D eigenvalue weighted by Gasteiger charge is 2.42. The summed E-state index contributed by atoms with van der Waals surface area (Å²) < 4.78 is 1.76. The van der Waals surface area contributed by atoms with Gasteiger partial charge in [-0.25, -0.2) is 0 Å². The van der Waals surface area contributed by atoms with Crippen LogP contribution in [0.15, 0.2) is 29.9 Å². The second-order valence-corrected chi connectivity index (χ2v) is 7.54. The van der Waals surface area contributed by atoms with E-state index in [-0.39, 0.29) is 36.1 Å². The molecule has 2 amide bonds. The van der Waals surface area contributed by atoms with Crippen LogP contribution in [0.5, 0.6) is 0 Å². The summed E-state index contributed by atoms with van der Waals surface area (Å²) >= 11 is 1.51. The molecule has 4 rings (SSSR count). The lowest BCUT2D eigenvalue weighted by Gasteiger charge is -2.36. The fourth-order valence-corrected chi connectivity index (χ4v) is 4.60. The summed E-state index contributed by atoms with van der Waals surface area (Å²) in [7, 11) is 1.88. The van der Waals surface area contributed by atoms with Gasteiger partial charge in [-0.3, -0.25) is 14.3 Å². The summed E-state index contributed by atoms with van der Waals surface area (Å²) in [6.07, 6.45) is 3.80. The molecule has 0 saturated carbocycles. The Balaban J connectivity index is 0.00000196. The summed E-state index contributed by atoms with van der Waals surface area (Å²) in [5.41, 5.74) is 1.07. The minimum Gasteiger partial charge on any atom is -0.352 e. The SMILES string of the molecule is Cl.Cn1cc([C@H]2CNC[C@@H]2C(=O)N2CCNC(=O)C2c2cccs2)cn1. The normalized spacial score (nSPS) is 25.7. The Bertz CT molecular complexity index is 778. The van der Waals surface area contributed by atoms with Crippen molar-refractivity contribution in [2.24, 2.45) is 13.0 Å². The van der Waals surface area contributed by atoms with Crippen LogP contribution in [0.2, 0.25) is 0 Å². The highest BCUT2D eigenvalue weighted by Crippen LogP contribution is 2.34. The van der Waals surface area contributed by atoms with Crippen LogP contribution in [0, 0.1) is 5.92 Å². The molecule has 0 radical (unpaired) electrons. The van der Waals surface area contributed by atoms with Gasteiger partial charge in [0.05, 0.1) is 12.1 Å². The van der Waals surface area contributed by atoms with E-state index in [0.29, 0.717) is 19.6 Å². The van der Waals surface area contributed by atoms with E-state index in [4.69, 9.17) is 0 Å². The maximum Gasteiger partial charge on any atom is 0.248 e. The van der Waals surface area contributed by atoms with Crippen LogP contribution in [-0.4, -0.2) is 52.7 Å². The van der Waals surface area contributed by atoms with Crippen LogP contribution in [-0.2, 0) is 16.6 Å². The first kappa shape index (κ1) is 18.9. The number of hydrogen-bond acceptors (Lipinski definition) is 5. The number of nitrogens with zero attached hydrogens (tertiary/aromatic N) is 3. The Hall–Kier alpha value is -1.90. The van der Waals surface area contributed by atoms with Gasteiger partial charge in [0.1, 0.15) is 6.04 Å². The van der Waals surface area contributed by atoms with Crippen molar-refractivity contribution >= 4 is 35.6 Å². The third kappa shape index (κ3) is 3.36. The Morgan fingerprint density at radius 2 is 2.23 bits per heavy atom. The third-order valence-corrected chi connectivity index (χ3v) is 5.92. The molecular weight excluding hydrogens is 374 g/mol. The quantitative estimate of drug-likeness (QED) is 0.809. The lowest BCUT2D eigenvalue weighted by atomic mass is 9.89. The lowest BCUT2D eigenvalue weighted by Crippen LogP contribution is -2.54. The molecule has 0 spiro atoms. The van der Waals surface area contributed by atoms with Crippen molar-refractivity contribution in [1.82, 2.24) is 25.3 Å². The molecule has 2 saturated heterocycles. The number of carbonyl (C=O) groups is 2. The van der Waals surface area contributed by atoms with Crippen molar-refractivity contribution in [3.63, 3.8) is 0 Å². The van der Waals surface area contributed by atoms with Crippen molar-refractivity contribution in [2.45, 2.75) is 12.0 Å². The maximum absolute atomic E-state index is 13.3. The first-order valence-electron chi connectivity index (χ1n) is 8.46. The van der Waals surface area contributed by atoms with Gasteiger partial charge in [-0.2, -0.15) is 5.10 Å². The van der Waals surface area contributed by atoms with Gasteiger partial charge in [0.2, 0.25) is 11.8 Å². The number of thiophene rings is 1. The summed E-state index contributed by atoms with van der Waals surface area (Å²) in [6, 6.07) is 3.32. The van der Waals surface area contributed by atoms with Crippen molar-refractivity contribution in [1.29, 1.82) is 0 Å². The largest absolute Gasteiger partial charge is 0.352 e. The third-order valence-electron chi connectivity index (χ3n) is 4.99. The minimum atomic E-state index is -0.517. The Morgan fingerprint density at radius 3 is 2.92 bits per heavy atom. The molecule has 0 aromatic carbocycles. The molecule has 2 aliphatic rings. The van der Waals surface area contributed by atoms with Gasteiger partial charge >= 0.3 is 0 Å². The predicted molar refractivity (Wildman–Crippen MR) is 101 cm³/mol. The average molecular weight is 396 g/mol. The van der Waals surface area contributed by atoms with Gasteiger partial charge in [0, 0.05) is 50.2 Å². The molecule has 9 heteroatoms. The van der Waals surface area contributed by atoms with E-state index < -0.39 is 6.04 Å². The molecule has 4 heterocycles. The van der Waals surface area contributed by atoms with Crippen LogP contribution >= 0.6 is 23.7 Å². The number of aromatic nitrogens is 2.